The first kappa shape index (κ1) is 16.8. The molecule has 1 aliphatic rings. The van der Waals surface area contributed by atoms with Crippen LogP contribution in [0.3, 0.4) is 0 Å². The van der Waals surface area contributed by atoms with Gasteiger partial charge in [-0.25, -0.2) is 9.79 Å². The first-order valence-corrected chi connectivity index (χ1v) is 7.93. The number of carbonyl (C=O) groups is 1. The molecule has 2 aromatic rings. The SMILES string of the molecule is COc1ccc(Cl)cc1C1=N/C(=C/c2ccc(Cl)c(Cl)c2)C(=O)O1. The fourth-order valence-corrected chi connectivity index (χ4v) is 2.61. The molecule has 0 N–H and O–H groups in total. The van der Waals surface area contributed by atoms with Gasteiger partial charge in [0.1, 0.15) is 5.75 Å². The van der Waals surface area contributed by atoms with Gasteiger partial charge in [-0.05, 0) is 42.0 Å². The van der Waals surface area contributed by atoms with Crippen molar-refractivity contribution in [3.8, 4) is 5.75 Å². The van der Waals surface area contributed by atoms with E-state index in [-0.39, 0.29) is 11.6 Å². The Hall–Kier alpha value is -2.01. The normalized spacial score (nSPS) is 15.4. The summed E-state index contributed by atoms with van der Waals surface area (Å²) in [6.45, 7) is 0. The van der Waals surface area contributed by atoms with Crippen molar-refractivity contribution in [3.05, 3.63) is 68.3 Å². The zero-order valence-electron chi connectivity index (χ0n) is 12.3. The van der Waals surface area contributed by atoms with Crippen LogP contribution < -0.4 is 4.74 Å². The Bertz CT molecular complexity index is 891. The van der Waals surface area contributed by atoms with Crippen LogP contribution in [0.15, 0.2) is 47.1 Å². The number of hydrogen-bond acceptors (Lipinski definition) is 4. The number of cyclic esters (lactones) is 1. The molecule has 0 unspecified atom stereocenters. The second-order valence-corrected chi connectivity index (χ2v) is 6.11. The van der Waals surface area contributed by atoms with Crippen molar-refractivity contribution >= 4 is 52.7 Å². The van der Waals surface area contributed by atoms with E-state index < -0.39 is 5.97 Å². The van der Waals surface area contributed by atoms with Crippen LogP contribution in [0.2, 0.25) is 15.1 Å². The maximum atomic E-state index is 12.1. The van der Waals surface area contributed by atoms with Crippen LogP contribution in [-0.4, -0.2) is 19.0 Å². The number of aliphatic imine (C=N–C) groups is 1. The largest absolute Gasteiger partial charge is 0.496 e. The molecule has 4 nitrogen and oxygen atoms in total. The minimum atomic E-state index is -0.571. The highest BCUT2D eigenvalue weighted by molar-refractivity contribution is 6.42. The van der Waals surface area contributed by atoms with Crippen LogP contribution in [0, 0.1) is 0 Å². The summed E-state index contributed by atoms with van der Waals surface area (Å²) in [5.74, 6) is 0.0606. The van der Waals surface area contributed by atoms with E-state index in [9.17, 15) is 4.79 Å². The number of hydrogen-bond donors (Lipinski definition) is 0. The van der Waals surface area contributed by atoms with Crippen LogP contribution in [0.5, 0.6) is 5.75 Å². The van der Waals surface area contributed by atoms with Gasteiger partial charge < -0.3 is 9.47 Å². The number of methoxy groups -OCH3 is 1. The molecule has 1 heterocycles. The zero-order chi connectivity index (χ0) is 17.3. The van der Waals surface area contributed by atoms with Crippen LogP contribution in [0.1, 0.15) is 11.1 Å². The van der Waals surface area contributed by atoms with Crippen molar-refractivity contribution < 1.29 is 14.3 Å². The topological polar surface area (TPSA) is 47.9 Å². The summed E-state index contributed by atoms with van der Waals surface area (Å²) in [4.78, 5) is 16.3. The molecule has 7 heteroatoms. The summed E-state index contributed by atoms with van der Waals surface area (Å²) in [6, 6.07) is 9.97. The molecule has 0 radical (unpaired) electrons. The number of benzene rings is 2. The van der Waals surface area contributed by atoms with Gasteiger partial charge in [-0.2, -0.15) is 0 Å². The number of ether oxygens (including phenoxy) is 2. The molecule has 0 aromatic heterocycles. The van der Waals surface area contributed by atoms with E-state index in [1.54, 1.807) is 42.5 Å². The van der Waals surface area contributed by atoms with Gasteiger partial charge >= 0.3 is 5.97 Å². The number of rotatable bonds is 3. The predicted molar refractivity (Wildman–Crippen MR) is 95.1 cm³/mol. The summed E-state index contributed by atoms with van der Waals surface area (Å²) in [6.07, 6.45) is 1.56. The van der Waals surface area contributed by atoms with Gasteiger partial charge in [0.2, 0.25) is 5.90 Å². The molecular weight excluding hydrogens is 373 g/mol. The second kappa shape index (κ2) is 6.85. The molecular formula is C17H10Cl3NO3. The average molecular weight is 383 g/mol. The lowest BCUT2D eigenvalue weighted by Gasteiger charge is -2.07. The molecule has 0 bridgehead atoms. The van der Waals surface area contributed by atoms with Crippen molar-refractivity contribution in [2.75, 3.05) is 7.11 Å². The Balaban J connectivity index is 2.00. The summed E-state index contributed by atoms with van der Waals surface area (Å²) in [5, 5.41) is 1.30. The van der Waals surface area contributed by atoms with Gasteiger partial charge in [-0.3, -0.25) is 0 Å². The maximum absolute atomic E-state index is 12.1. The maximum Gasteiger partial charge on any atom is 0.363 e. The Morgan fingerprint density at radius 2 is 1.88 bits per heavy atom. The van der Waals surface area contributed by atoms with E-state index in [4.69, 9.17) is 44.3 Å². The van der Waals surface area contributed by atoms with E-state index in [1.807, 2.05) is 0 Å². The van der Waals surface area contributed by atoms with Crippen molar-refractivity contribution in [1.29, 1.82) is 0 Å². The second-order valence-electron chi connectivity index (χ2n) is 4.85. The van der Waals surface area contributed by atoms with Gasteiger partial charge in [-0.15, -0.1) is 0 Å². The molecule has 2 aromatic carbocycles. The lowest BCUT2D eigenvalue weighted by atomic mass is 10.2. The Morgan fingerprint density at radius 1 is 1.08 bits per heavy atom. The molecule has 0 atom stereocenters. The van der Waals surface area contributed by atoms with Gasteiger partial charge in [0.15, 0.2) is 5.70 Å². The molecule has 0 saturated heterocycles. The third kappa shape index (κ3) is 3.41. The Morgan fingerprint density at radius 3 is 2.58 bits per heavy atom. The third-order valence-corrected chi connectivity index (χ3v) is 4.23. The Labute approximate surface area is 153 Å². The summed E-state index contributed by atoms with van der Waals surface area (Å²) < 4.78 is 10.5. The van der Waals surface area contributed by atoms with Crippen LogP contribution >= 0.6 is 34.8 Å². The highest BCUT2D eigenvalue weighted by Crippen LogP contribution is 2.29. The zero-order valence-corrected chi connectivity index (χ0v) is 14.6. The highest BCUT2D eigenvalue weighted by Gasteiger charge is 2.26. The van der Waals surface area contributed by atoms with E-state index in [1.165, 1.54) is 7.11 Å². The molecule has 0 fully saturated rings. The first-order valence-electron chi connectivity index (χ1n) is 6.79. The van der Waals surface area contributed by atoms with Crippen molar-refractivity contribution in [3.63, 3.8) is 0 Å². The molecule has 122 valence electrons. The molecule has 24 heavy (non-hydrogen) atoms. The minimum absolute atomic E-state index is 0.130. The lowest BCUT2D eigenvalue weighted by Crippen LogP contribution is -2.07. The average Bonchev–Trinajstić information content (AvgIpc) is 2.92. The quantitative estimate of drug-likeness (QED) is 0.554. The molecule has 3 rings (SSSR count). The van der Waals surface area contributed by atoms with Gasteiger partial charge in [-0.1, -0.05) is 40.9 Å². The van der Waals surface area contributed by atoms with Gasteiger partial charge in [0.05, 0.1) is 22.7 Å². The summed E-state index contributed by atoms with van der Waals surface area (Å²) in [7, 11) is 1.51. The smallest absolute Gasteiger partial charge is 0.363 e. The summed E-state index contributed by atoms with van der Waals surface area (Å²) in [5.41, 5.74) is 1.32. The molecule has 1 aliphatic heterocycles. The molecule has 0 saturated carbocycles. The third-order valence-electron chi connectivity index (χ3n) is 3.26. The molecule has 0 amide bonds. The van der Waals surface area contributed by atoms with Crippen molar-refractivity contribution in [2.45, 2.75) is 0 Å². The lowest BCUT2D eigenvalue weighted by molar-refractivity contribution is -0.129. The van der Waals surface area contributed by atoms with E-state index in [0.29, 0.717) is 31.9 Å². The van der Waals surface area contributed by atoms with Crippen molar-refractivity contribution in [2.24, 2.45) is 4.99 Å². The van der Waals surface area contributed by atoms with Crippen LogP contribution in [0.25, 0.3) is 6.08 Å². The first-order chi connectivity index (χ1) is 11.5. The predicted octanol–water partition coefficient (Wildman–Crippen LogP) is 5.00. The van der Waals surface area contributed by atoms with Crippen molar-refractivity contribution in [1.82, 2.24) is 0 Å². The van der Waals surface area contributed by atoms with E-state index in [0.717, 1.165) is 0 Å². The number of esters is 1. The molecule has 0 aliphatic carbocycles. The van der Waals surface area contributed by atoms with Crippen LogP contribution in [0.4, 0.5) is 0 Å². The van der Waals surface area contributed by atoms with Gasteiger partial charge in [0.25, 0.3) is 0 Å². The number of halogens is 3. The van der Waals surface area contributed by atoms with E-state index in [2.05, 4.69) is 4.99 Å². The van der Waals surface area contributed by atoms with Crippen LogP contribution in [-0.2, 0) is 9.53 Å². The fraction of sp³-hybridized carbons (Fsp3) is 0.0588. The fourth-order valence-electron chi connectivity index (χ4n) is 2.13. The minimum Gasteiger partial charge on any atom is -0.496 e. The van der Waals surface area contributed by atoms with Gasteiger partial charge in [0, 0.05) is 5.02 Å². The highest BCUT2D eigenvalue weighted by atomic mass is 35.5. The number of carbonyl (C=O) groups excluding carboxylic acids is 1. The van der Waals surface area contributed by atoms with E-state index >= 15 is 0 Å². The molecule has 0 spiro atoms. The monoisotopic (exact) mass is 381 g/mol. The summed E-state index contributed by atoms with van der Waals surface area (Å²) >= 11 is 17.8. The standard InChI is InChI=1S/C17H10Cl3NO3/c1-23-15-5-3-10(18)8-11(15)16-21-14(17(22)24-16)7-9-2-4-12(19)13(20)6-9/h2-8H,1H3/b14-7+. The Kier molecular flexibility index (Phi) is 4.81. The number of nitrogens with zero attached hydrogens (tertiary/aromatic N) is 1.